The molecule has 1 spiro atoms. The van der Waals surface area contributed by atoms with Crippen LogP contribution in [0.2, 0.25) is 10.0 Å². The normalized spacial score (nSPS) is 21.8. The maximum absolute atomic E-state index is 12.1. The Labute approximate surface area is 121 Å². The number of anilines is 1. The van der Waals surface area contributed by atoms with Crippen LogP contribution in [0.25, 0.3) is 0 Å². The second kappa shape index (κ2) is 4.85. The van der Waals surface area contributed by atoms with E-state index >= 15 is 0 Å². The standard InChI is InChI=1S/C13H14Cl2N2O2/c14-9-1-2-11(10(15)7-9)17-8-13(19-12(17)18)3-5-16-6-4-13/h1-2,7,16H,3-6,8H2. The molecule has 102 valence electrons. The first-order valence-corrected chi connectivity index (χ1v) is 7.02. The maximum atomic E-state index is 12.1. The summed E-state index contributed by atoms with van der Waals surface area (Å²) in [5, 5.41) is 4.29. The van der Waals surface area contributed by atoms with Crippen LogP contribution in [0.5, 0.6) is 0 Å². The third kappa shape index (κ3) is 2.40. The molecule has 0 aromatic heterocycles. The molecule has 1 aromatic carbocycles. The first-order chi connectivity index (χ1) is 9.10. The Hall–Kier alpha value is -0.970. The second-order valence-electron chi connectivity index (χ2n) is 4.98. The van der Waals surface area contributed by atoms with Gasteiger partial charge >= 0.3 is 6.09 Å². The number of benzene rings is 1. The molecule has 1 N–H and O–H groups in total. The van der Waals surface area contributed by atoms with Crippen molar-refractivity contribution < 1.29 is 9.53 Å². The highest BCUT2D eigenvalue weighted by atomic mass is 35.5. The fourth-order valence-corrected chi connectivity index (χ4v) is 3.16. The Balaban J connectivity index is 1.87. The van der Waals surface area contributed by atoms with Crippen LogP contribution in [-0.2, 0) is 4.74 Å². The van der Waals surface area contributed by atoms with Gasteiger partial charge in [-0.2, -0.15) is 0 Å². The van der Waals surface area contributed by atoms with Gasteiger partial charge in [0, 0.05) is 17.9 Å². The Morgan fingerprint density at radius 3 is 2.68 bits per heavy atom. The molecular formula is C13H14Cl2N2O2. The summed E-state index contributed by atoms with van der Waals surface area (Å²) < 4.78 is 5.60. The van der Waals surface area contributed by atoms with E-state index < -0.39 is 0 Å². The molecule has 0 bridgehead atoms. The lowest BCUT2D eigenvalue weighted by Gasteiger charge is -2.31. The predicted octanol–water partition coefficient (Wildman–Crippen LogP) is 3.07. The number of carbonyl (C=O) groups excluding carboxylic acids is 1. The van der Waals surface area contributed by atoms with Gasteiger partial charge in [-0.15, -0.1) is 0 Å². The summed E-state index contributed by atoms with van der Waals surface area (Å²) in [5.41, 5.74) is 0.289. The van der Waals surface area contributed by atoms with Crippen molar-refractivity contribution in [1.82, 2.24) is 5.32 Å². The Morgan fingerprint density at radius 2 is 2.00 bits per heavy atom. The van der Waals surface area contributed by atoms with E-state index in [0.717, 1.165) is 25.9 Å². The predicted molar refractivity (Wildman–Crippen MR) is 75.1 cm³/mol. The lowest BCUT2D eigenvalue weighted by atomic mass is 9.92. The van der Waals surface area contributed by atoms with E-state index in [1.165, 1.54) is 0 Å². The maximum Gasteiger partial charge on any atom is 0.415 e. The number of ether oxygens (including phenoxy) is 1. The molecule has 2 saturated heterocycles. The molecule has 1 amide bonds. The fraction of sp³-hybridized carbons (Fsp3) is 0.462. The number of rotatable bonds is 1. The van der Waals surface area contributed by atoms with E-state index in [0.29, 0.717) is 22.3 Å². The number of hydrogen-bond acceptors (Lipinski definition) is 3. The molecule has 19 heavy (non-hydrogen) atoms. The monoisotopic (exact) mass is 300 g/mol. The van der Waals surface area contributed by atoms with Gasteiger partial charge in [0.15, 0.2) is 0 Å². The summed E-state index contributed by atoms with van der Waals surface area (Å²) in [7, 11) is 0. The minimum atomic E-state index is -0.370. The van der Waals surface area contributed by atoms with E-state index in [4.69, 9.17) is 27.9 Å². The van der Waals surface area contributed by atoms with Crippen molar-refractivity contribution in [1.29, 1.82) is 0 Å². The molecule has 2 fully saturated rings. The van der Waals surface area contributed by atoms with Crippen molar-refractivity contribution in [2.75, 3.05) is 24.5 Å². The summed E-state index contributed by atoms with van der Waals surface area (Å²) in [4.78, 5) is 13.7. The number of nitrogens with one attached hydrogen (secondary N) is 1. The van der Waals surface area contributed by atoms with E-state index in [1.54, 1.807) is 23.1 Å². The smallest absolute Gasteiger partial charge is 0.415 e. The molecule has 0 radical (unpaired) electrons. The summed E-state index contributed by atoms with van der Waals surface area (Å²) in [6.07, 6.45) is 1.34. The summed E-state index contributed by atoms with van der Waals surface area (Å²) in [6, 6.07) is 5.12. The number of carbonyl (C=O) groups is 1. The van der Waals surface area contributed by atoms with Crippen molar-refractivity contribution in [3.05, 3.63) is 28.2 Å². The van der Waals surface area contributed by atoms with Gasteiger partial charge in [-0.05, 0) is 31.3 Å². The zero-order chi connectivity index (χ0) is 13.5. The van der Waals surface area contributed by atoms with Crippen molar-refractivity contribution >= 4 is 35.0 Å². The molecule has 0 saturated carbocycles. The average Bonchev–Trinajstić information content (AvgIpc) is 2.67. The van der Waals surface area contributed by atoms with Gasteiger partial charge in [0.1, 0.15) is 5.60 Å². The third-order valence-corrected chi connectivity index (χ3v) is 4.22. The fourth-order valence-electron chi connectivity index (χ4n) is 2.65. The lowest BCUT2D eigenvalue weighted by Crippen LogP contribution is -2.44. The molecule has 1 aromatic rings. The molecule has 0 unspecified atom stereocenters. The van der Waals surface area contributed by atoms with Crippen molar-refractivity contribution in [2.24, 2.45) is 0 Å². The second-order valence-corrected chi connectivity index (χ2v) is 5.83. The number of hydrogen-bond donors (Lipinski definition) is 1. The number of nitrogens with zero attached hydrogens (tertiary/aromatic N) is 1. The molecule has 0 aliphatic carbocycles. The van der Waals surface area contributed by atoms with E-state index in [1.807, 2.05) is 0 Å². The van der Waals surface area contributed by atoms with Crippen LogP contribution in [0.1, 0.15) is 12.8 Å². The highest BCUT2D eigenvalue weighted by Gasteiger charge is 2.46. The van der Waals surface area contributed by atoms with Crippen LogP contribution >= 0.6 is 23.2 Å². The topological polar surface area (TPSA) is 41.6 Å². The first-order valence-electron chi connectivity index (χ1n) is 6.26. The SMILES string of the molecule is O=C1OC2(CCNCC2)CN1c1ccc(Cl)cc1Cl. The zero-order valence-electron chi connectivity index (χ0n) is 10.3. The Kier molecular flexibility index (Phi) is 3.33. The molecule has 2 aliphatic rings. The zero-order valence-corrected chi connectivity index (χ0v) is 11.8. The van der Waals surface area contributed by atoms with Gasteiger partial charge in [-0.25, -0.2) is 4.79 Å². The summed E-state index contributed by atoms with van der Waals surface area (Å²) >= 11 is 12.0. The Bertz CT molecular complexity index is 515. The van der Waals surface area contributed by atoms with Gasteiger partial charge in [0.25, 0.3) is 0 Å². The molecule has 6 heteroatoms. The molecule has 4 nitrogen and oxygen atoms in total. The Morgan fingerprint density at radius 1 is 1.26 bits per heavy atom. The molecule has 2 aliphatic heterocycles. The third-order valence-electron chi connectivity index (χ3n) is 3.69. The van der Waals surface area contributed by atoms with Gasteiger partial charge in [-0.1, -0.05) is 23.2 Å². The van der Waals surface area contributed by atoms with Crippen molar-refractivity contribution in [3.8, 4) is 0 Å². The minimum Gasteiger partial charge on any atom is -0.441 e. The molecule has 3 rings (SSSR count). The van der Waals surface area contributed by atoms with E-state index in [2.05, 4.69) is 5.32 Å². The van der Waals surface area contributed by atoms with Gasteiger partial charge < -0.3 is 10.1 Å². The van der Waals surface area contributed by atoms with Crippen LogP contribution in [-0.4, -0.2) is 31.3 Å². The molecular weight excluding hydrogens is 287 g/mol. The molecule has 0 atom stereocenters. The average molecular weight is 301 g/mol. The van der Waals surface area contributed by atoms with Crippen LogP contribution in [0, 0.1) is 0 Å². The van der Waals surface area contributed by atoms with Crippen LogP contribution in [0.3, 0.4) is 0 Å². The number of halogens is 2. The lowest BCUT2D eigenvalue weighted by molar-refractivity contribution is 0.0316. The summed E-state index contributed by atoms with van der Waals surface area (Å²) in [6.45, 7) is 2.29. The number of piperidine rings is 1. The van der Waals surface area contributed by atoms with E-state index in [-0.39, 0.29) is 11.7 Å². The van der Waals surface area contributed by atoms with Crippen LogP contribution < -0.4 is 10.2 Å². The first kappa shape index (κ1) is 13.0. The van der Waals surface area contributed by atoms with Gasteiger partial charge in [0.05, 0.1) is 17.3 Å². The quantitative estimate of drug-likeness (QED) is 0.866. The van der Waals surface area contributed by atoms with Gasteiger partial charge in [0.2, 0.25) is 0 Å². The highest BCUT2D eigenvalue weighted by molar-refractivity contribution is 6.36. The number of amides is 1. The largest absolute Gasteiger partial charge is 0.441 e. The highest BCUT2D eigenvalue weighted by Crippen LogP contribution is 2.37. The van der Waals surface area contributed by atoms with Crippen molar-refractivity contribution in [3.63, 3.8) is 0 Å². The molecule has 2 heterocycles. The van der Waals surface area contributed by atoms with Crippen molar-refractivity contribution in [2.45, 2.75) is 18.4 Å². The van der Waals surface area contributed by atoms with E-state index in [9.17, 15) is 4.79 Å². The van der Waals surface area contributed by atoms with Crippen LogP contribution in [0.15, 0.2) is 18.2 Å². The summed E-state index contributed by atoms with van der Waals surface area (Å²) in [5.74, 6) is 0. The van der Waals surface area contributed by atoms with Crippen LogP contribution in [0.4, 0.5) is 10.5 Å². The minimum absolute atomic E-state index is 0.328. The van der Waals surface area contributed by atoms with Gasteiger partial charge in [-0.3, -0.25) is 4.90 Å².